The van der Waals surface area contributed by atoms with E-state index in [-0.39, 0.29) is 43.3 Å². The molecule has 2 heterocycles. The largest absolute Gasteiger partial charge is 0.454 e. The van der Waals surface area contributed by atoms with Crippen LogP contribution in [0.3, 0.4) is 0 Å². The molecule has 10 nitrogen and oxygen atoms in total. The van der Waals surface area contributed by atoms with Crippen molar-refractivity contribution in [2.45, 2.75) is 58.8 Å². The molecule has 2 aromatic carbocycles. The lowest BCUT2D eigenvalue weighted by molar-refractivity contribution is -0.142. The van der Waals surface area contributed by atoms with E-state index >= 15 is 0 Å². The molecule has 0 radical (unpaired) electrons. The van der Waals surface area contributed by atoms with E-state index in [9.17, 15) is 14.0 Å². The van der Waals surface area contributed by atoms with E-state index < -0.39 is 11.6 Å². The van der Waals surface area contributed by atoms with Gasteiger partial charge in [0.15, 0.2) is 11.5 Å². The molecule has 4 rings (SSSR count). The molecular weight excluding hydrogens is 467 g/mol. The number of hydrogen-bond acceptors (Lipinski definition) is 7. The van der Waals surface area contributed by atoms with Gasteiger partial charge in [-0.3, -0.25) is 9.59 Å². The van der Waals surface area contributed by atoms with Gasteiger partial charge >= 0.3 is 0 Å². The Balaban J connectivity index is 1.57. The first-order valence-electron chi connectivity index (χ1n) is 11.7. The summed E-state index contributed by atoms with van der Waals surface area (Å²) >= 11 is 0. The Morgan fingerprint density at radius 3 is 2.56 bits per heavy atom. The number of halogens is 1. The standard InChI is InChI=1S/C25H29FN6O4/c1-5-19(24(34)27-25(2,3)4)31(13-16-6-11-20-21(12-16)36-15-35-20)22(33)14-32-29-23(28-30-32)17-7-9-18(26)10-8-17/h6-12,19H,5,13-15H2,1-4H3,(H,27,34)/t19-/m0/s1. The van der Waals surface area contributed by atoms with Crippen LogP contribution < -0.4 is 14.8 Å². The van der Waals surface area contributed by atoms with Crippen molar-refractivity contribution < 1.29 is 23.5 Å². The van der Waals surface area contributed by atoms with E-state index in [4.69, 9.17) is 9.47 Å². The van der Waals surface area contributed by atoms with Gasteiger partial charge in [-0.2, -0.15) is 4.80 Å². The van der Waals surface area contributed by atoms with Gasteiger partial charge in [0.2, 0.25) is 24.4 Å². The highest BCUT2D eigenvalue weighted by Gasteiger charge is 2.31. The summed E-state index contributed by atoms with van der Waals surface area (Å²) in [6, 6.07) is 10.4. The second-order valence-electron chi connectivity index (χ2n) is 9.52. The molecule has 11 heteroatoms. The van der Waals surface area contributed by atoms with Gasteiger partial charge in [0, 0.05) is 17.6 Å². The molecule has 1 aromatic heterocycles. The van der Waals surface area contributed by atoms with Gasteiger partial charge in [0.25, 0.3) is 0 Å². The zero-order chi connectivity index (χ0) is 25.9. The Morgan fingerprint density at radius 2 is 1.86 bits per heavy atom. The average Bonchev–Trinajstić information content (AvgIpc) is 3.47. The number of carbonyl (C=O) groups is 2. The Bertz CT molecular complexity index is 1240. The fraction of sp³-hybridized carbons (Fsp3) is 0.400. The van der Waals surface area contributed by atoms with Crippen molar-refractivity contribution in [3.63, 3.8) is 0 Å². The first kappa shape index (κ1) is 25.1. The highest BCUT2D eigenvalue weighted by atomic mass is 19.1. The number of benzene rings is 2. The van der Waals surface area contributed by atoms with Gasteiger partial charge in [0.05, 0.1) is 0 Å². The van der Waals surface area contributed by atoms with Crippen LogP contribution in [0.1, 0.15) is 39.7 Å². The van der Waals surface area contributed by atoms with E-state index in [1.54, 1.807) is 12.1 Å². The summed E-state index contributed by atoms with van der Waals surface area (Å²) in [5.41, 5.74) is 0.895. The summed E-state index contributed by atoms with van der Waals surface area (Å²) < 4.78 is 24.1. The zero-order valence-corrected chi connectivity index (χ0v) is 20.7. The Labute approximate surface area is 208 Å². The van der Waals surface area contributed by atoms with Crippen molar-refractivity contribution in [2.75, 3.05) is 6.79 Å². The highest BCUT2D eigenvalue weighted by molar-refractivity contribution is 5.88. The molecule has 0 saturated carbocycles. The number of tetrazole rings is 1. The minimum Gasteiger partial charge on any atom is -0.454 e. The topological polar surface area (TPSA) is 111 Å². The number of nitrogens with zero attached hydrogens (tertiary/aromatic N) is 5. The molecule has 0 unspecified atom stereocenters. The predicted octanol–water partition coefficient (Wildman–Crippen LogP) is 2.93. The third-order valence-corrected chi connectivity index (χ3v) is 5.51. The maximum Gasteiger partial charge on any atom is 0.247 e. The van der Waals surface area contributed by atoms with Crippen molar-refractivity contribution in [1.29, 1.82) is 0 Å². The summed E-state index contributed by atoms with van der Waals surface area (Å²) in [6.45, 7) is 7.60. The van der Waals surface area contributed by atoms with E-state index in [0.29, 0.717) is 23.5 Å². The number of aromatic nitrogens is 4. The normalized spacial score (nSPS) is 13.4. The lowest BCUT2D eigenvalue weighted by atomic mass is 10.1. The molecule has 0 aliphatic carbocycles. The van der Waals surface area contributed by atoms with Gasteiger partial charge < -0.3 is 19.7 Å². The van der Waals surface area contributed by atoms with Crippen LogP contribution in [0, 0.1) is 5.82 Å². The summed E-state index contributed by atoms with van der Waals surface area (Å²) in [5.74, 6) is 0.509. The first-order valence-corrected chi connectivity index (χ1v) is 11.7. The molecule has 1 aliphatic heterocycles. The molecule has 0 fully saturated rings. The molecule has 2 amide bonds. The maximum atomic E-state index is 13.5. The molecule has 36 heavy (non-hydrogen) atoms. The smallest absolute Gasteiger partial charge is 0.247 e. The van der Waals surface area contributed by atoms with Crippen LogP contribution in [0.15, 0.2) is 42.5 Å². The monoisotopic (exact) mass is 496 g/mol. The van der Waals surface area contributed by atoms with Gasteiger partial charge in [0.1, 0.15) is 18.4 Å². The lowest BCUT2D eigenvalue weighted by Crippen LogP contribution is -2.54. The van der Waals surface area contributed by atoms with Crippen LogP contribution in [0.25, 0.3) is 11.4 Å². The fourth-order valence-electron chi connectivity index (χ4n) is 3.84. The van der Waals surface area contributed by atoms with Gasteiger partial charge in [-0.15, -0.1) is 10.2 Å². The van der Waals surface area contributed by atoms with Crippen molar-refractivity contribution in [3.05, 3.63) is 53.8 Å². The van der Waals surface area contributed by atoms with E-state index in [0.717, 1.165) is 5.56 Å². The second kappa shape index (κ2) is 10.3. The van der Waals surface area contributed by atoms with Gasteiger partial charge in [-0.25, -0.2) is 4.39 Å². The number of hydrogen-bond donors (Lipinski definition) is 1. The number of rotatable bonds is 8. The summed E-state index contributed by atoms with van der Waals surface area (Å²) in [5, 5.41) is 15.2. The number of carbonyl (C=O) groups excluding carboxylic acids is 2. The summed E-state index contributed by atoms with van der Waals surface area (Å²) in [4.78, 5) is 29.4. The SMILES string of the molecule is CC[C@@H](C(=O)NC(C)(C)C)N(Cc1ccc2c(c1)OCO2)C(=O)Cn1nnc(-c2ccc(F)cc2)n1. The minimum atomic E-state index is -0.720. The number of amides is 2. The van der Waals surface area contributed by atoms with E-state index in [1.165, 1.54) is 34.0 Å². The van der Waals surface area contributed by atoms with Crippen molar-refractivity contribution in [1.82, 2.24) is 30.4 Å². The summed E-state index contributed by atoms with van der Waals surface area (Å²) in [6.07, 6.45) is 0.407. The van der Waals surface area contributed by atoms with Crippen LogP contribution in [-0.4, -0.2) is 55.3 Å². The first-order chi connectivity index (χ1) is 17.1. The van der Waals surface area contributed by atoms with Crippen LogP contribution in [0.5, 0.6) is 11.5 Å². The third-order valence-electron chi connectivity index (χ3n) is 5.51. The Hall–Kier alpha value is -4.02. The van der Waals surface area contributed by atoms with Crippen molar-refractivity contribution >= 4 is 11.8 Å². The third kappa shape index (κ3) is 5.96. The molecule has 0 saturated heterocycles. The molecule has 3 aromatic rings. The van der Waals surface area contributed by atoms with Gasteiger partial charge in [-0.1, -0.05) is 13.0 Å². The molecule has 190 valence electrons. The molecular formula is C25H29FN6O4. The zero-order valence-electron chi connectivity index (χ0n) is 20.7. The Kier molecular flexibility index (Phi) is 7.18. The van der Waals surface area contributed by atoms with Crippen LogP contribution in [0.4, 0.5) is 4.39 Å². The molecule has 0 spiro atoms. The quantitative estimate of drug-likeness (QED) is 0.510. The summed E-state index contributed by atoms with van der Waals surface area (Å²) in [7, 11) is 0. The van der Waals surface area contributed by atoms with Crippen LogP contribution >= 0.6 is 0 Å². The van der Waals surface area contributed by atoms with E-state index in [2.05, 4.69) is 20.7 Å². The highest BCUT2D eigenvalue weighted by Crippen LogP contribution is 2.33. The number of ether oxygens (including phenoxy) is 2. The number of fused-ring (bicyclic) bond motifs is 1. The molecule has 1 aliphatic rings. The second-order valence-corrected chi connectivity index (χ2v) is 9.52. The predicted molar refractivity (Wildman–Crippen MR) is 128 cm³/mol. The van der Waals surface area contributed by atoms with E-state index in [1.807, 2.05) is 33.8 Å². The molecule has 0 bridgehead atoms. The van der Waals surface area contributed by atoms with Crippen LogP contribution in [-0.2, 0) is 22.7 Å². The van der Waals surface area contributed by atoms with Crippen LogP contribution in [0.2, 0.25) is 0 Å². The van der Waals surface area contributed by atoms with Crippen molar-refractivity contribution in [2.24, 2.45) is 0 Å². The maximum absolute atomic E-state index is 13.5. The average molecular weight is 497 g/mol. The lowest BCUT2D eigenvalue weighted by Gasteiger charge is -2.33. The Morgan fingerprint density at radius 1 is 1.14 bits per heavy atom. The molecule has 1 atom stereocenters. The molecule has 1 N–H and O–H groups in total. The minimum absolute atomic E-state index is 0.140. The fourth-order valence-corrected chi connectivity index (χ4v) is 3.84. The van der Waals surface area contributed by atoms with Crippen molar-refractivity contribution in [3.8, 4) is 22.9 Å². The van der Waals surface area contributed by atoms with Gasteiger partial charge in [-0.05, 0) is 74.4 Å². The number of nitrogens with one attached hydrogen (secondary N) is 1.